The minimum absolute atomic E-state index is 0.225. The number of aliphatic hydroxyl groups is 2. The fourth-order valence-corrected chi connectivity index (χ4v) is 1.21. The van der Waals surface area contributed by atoms with Crippen molar-refractivity contribution in [2.75, 3.05) is 6.61 Å². The van der Waals surface area contributed by atoms with Crippen LogP contribution in [0.5, 0.6) is 0 Å². The first-order valence-electron chi connectivity index (χ1n) is 4.94. The summed E-state index contributed by atoms with van der Waals surface area (Å²) >= 11 is 0. The molecule has 0 aromatic carbocycles. The van der Waals surface area contributed by atoms with Gasteiger partial charge in [0.25, 0.3) is 0 Å². The van der Waals surface area contributed by atoms with Gasteiger partial charge in [-0.1, -0.05) is 11.6 Å². The molecule has 0 bridgehead atoms. The Morgan fingerprint density at radius 3 is 2.46 bits per heavy atom. The summed E-state index contributed by atoms with van der Waals surface area (Å²) in [6, 6.07) is 0. The van der Waals surface area contributed by atoms with Crippen LogP contribution in [0.4, 0.5) is 0 Å². The van der Waals surface area contributed by atoms with Crippen molar-refractivity contribution in [3.05, 3.63) is 11.6 Å². The van der Waals surface area contributed by atoms with Crippen LogP contribution < -0.4 is 0 Å². The van der Waals surface area contributed by atoms with E-state index in [4.69, 9.17) is 5.11 Å². The van der Waals surface area contributed by atoms with E-state index < -0.39 is 5.60 Å². The summed E-state index contributed by atoms with van der Waals surface area (Å²) in [7, 11) is 0. The van der Waals surface area contributed by atoms with Crippen LogP contribution in [-0.4, -0.2) is 22.4 Å². The van der Waals surface area contributed by atoms with E-state index >= 15 is 0 Å². The van der Waals surface area contributed by atoms with Crippen LogP contribution in [0.2, 0.25) is 0 Å². The van der Waals surface area contributed by atoms with Crippen LogP contribution in [0.25, 0.3) is 0 Å². The van der Waals surface area contributed by atoms with Crippen LogP contribution in [-0.2, 0) is 0 Å². The van der Waals surface area contributed by atoms with Crippen molar-refractivity contribution in [2.24, 2.45) is 0 Å². The van der Waals surface area contributed by atoms with Crippen molar-refractivity contribution in [3.8, 4) is 0 Å². The lowest BCUT2D eigenvalue weighted by molar-refractivity contribution is 0.0689. The summed E-state index contributed by atoms with van der Waals surface area (Å²) in [6.07, 6.45) is 5.66. The Morgan fingerprint density at radius 1 is 1.38 bits per heavy atom. The number of rotatable bonds is 6. The molecule has 78 valence electrons. The van der Waals surface area contributed by atoms with Crippen molar-refractivity contribution >= 4 is 0 Å². The number of hydrogen-bond acceptors (Lipinski definition) is 2. The molecule has 0 unspecified atom stereocenters. The van der Waals surface area contributed by atoms with Crippen molar-refractivity contribution in [2.45, 2.75) is 52.1 Å². The molecule has 0 aliphatic heterocycles. The van der Waals surface area contributed by atoms with E-state index in [-0.39, 0.29) is 6.61 Å². The van der Waals surface area contributed by atoms with Crippen LogP contribution in [0.1, 0.15) is 46.5 Å². The predicted molar refractivity (Wildman–Crippen MR) is 55.6 cm³/mol. The maximum absolute atomic E-state index is 9.45. The highest BCUT2D eigenvalue weighted by molar-refractivity contribution is 4.97. The first-order chi connectivity index (χ1) is 5.95. The molecule has 0 aliphatic carbocycles. The van der Waals surface area contributed by atoms with Gasteiger partial charge in [0.1, 0.15) is 0 Å². The Balaban J connectivity index is 3.53. The molecule has 0 aliphatic rings. The number of hydrogen-bond donors (Lipinski definition) is 2. The third-order valence-corrected chi connectivity index (χ3v) is 1.98. The first-order valence-corrected chi connectivity index (χ1v) is 4.94. The van der Waals surface area contributed by atoms with E-state index in [1.165, 1.54) is 5.57 Å². The van der Waals surface area contributed by atoms with Gasteiger partial charge in [0.05, 0.1) is 5.60 Å². The molecule has 2 heteroatoms. The van der Waals surface area contributed by atoms with E-state index in [0.717, 1.165) is 25.7 Å². The summed E-state index contributed by atoms with van der Waals surface area (Å²) < 4.78 is 0. The lowest BCUT2D eigenvalue weighted by Crippen LogP contribution is -2.17. The molecule has 0 rings (SSSR count). The first kappa shape index (κ1) is 12.7. The molecule has 0 atom stereocenters. The molecule has 0 fully saturated rings. The van der Waals surface area contributed by atoms with Crippen LogP contribution in [0.3, 0.4) is 0 Å². The molecule has 0 aromatic rings. The molecule has 0 aromatic heterocycles. The van der Waals surface area contributed by atoms with E-state index in [0.29, 0.717) is 0 Å². The molecular weight excluding hydrogens is 164 g/mol. The SMILES string of the molecule is C/C(=C\CCO)CCCC(C)(C)O. The molecule has 0 amide bonds. The Labute approximate surface area is 81.3 Å². The van der Waals surface area contributed by atoms with Crippen LogP contribution >= 0.6 is 0 Å². The normalized spacial score (nSPS) is 13.5. The van der Waals surface area contributed by atoms with Gasteiger partial charge in [0.15, 0.2) is 0 Å². The van der Waals surface area contributed by atoms with Gasteiger partial charge in [-0.05, 0) is 46.5 Å². The smallest absolute Gasteiger partial charge is 0.0591 e. The summed E-state index contributed by atoms with van der Waals surface area (Å²) in [5.41, 5.74) is 0.760. The average molecular weight is 186 g/mol. The molecule has 0 heterocycles. The summed E-state index contributed by atoms with van der Waals surface area (Å²) in [5.74, 6) is 0. The highest BCUT2D eigenvalue weighted by atomic mass is 16.3. The van der Waals surface area contributed by atoms with Gasteiger partial charge in [-0.2, -0.15) is 0 Å². The fourth-order valence-electron chi connectivity index (χ4n) is 1.21. The zero-order valence-corrected chi connectivity index (χ0v) is 9.01. The highest BCUT2D eigenvalue weighted by Crippen LogP contribution is 2.15. The minimum Gasteiger partial charge on any atom is -0.396 e. The summed E-state index contributed by atoms with van der Waals surface area (Å²) in [4.78, 5) is 0. The molecule has 2 nitrogen and oxygen atoms in total. The summed E-state index contributed by atoms with van der Waals surface area (Å²) in [5, 5.41) is 18.0. The van der Waals surface area contributed by atoms with Gasteiger partial charge in [0, 0.05) is 6.61 Å². The Hall–Kier alpha value is -0.340. The van der Waals surface area contributed by atoms with Gasteiger partial charge in [-0.3, -0.25) is 0 Å². The van der Waals surface area contributed by atoms with Gasteiger partial charge in [0.2, 0.25) is 0 Å². The maximum Gasteiger partial charge on any atom is 0.0591 e. The van der Waals surface area contributed by atoms with Crippen LogP contribution in [0, 0.1) is 0 Å². The number of allylic oxidation sites excluding steroid dienone is 1. The van der Waals surface area contributed by atoms with Crippen molar-refractivity contribution < 1.29 is 10.2 Å². The minimum atomic E-state index is -0.544. The topological polar surface area (TPSA) is 40.5 Å². The lowest BCUT2D eigenvalue weighted by Gasteiger charge is -2.16. The molecule has 0 saturated carbocycles. The zero-order chi connectivity index (χ0) is 10.3. The van der Waals surface area contributed by atoms with Gasteiger partial charge in [-0.25, -0.2) is 0 Å². The monoisotopic (exact) mass is 186 g/mol. The Kier molecular flexibility index (Phi) is 6.00. The maximum atomic E-state index is 9.45. The van der Waals surface area contributed by atoms with E-state index in [9.17, 15) is 5.11 Å². The highest BCUT2D eigenvalue weighted by Gasteiger charge is 2.10. The van der Waals surface area contributed by atoms with Crippen molar-refractivity contribution in [1.82, 2.24) is 0 Å². The second-order valence-electron chi connectivity index (χ2n) is 4.23. The summed E-state index contributed by atoms with van der Waals surface area (Å²) in [6.45, 7) is 5.96. The third-order valence-electron chi connectivity index (χ3n) is 1.98. The van der Waals surface area contributed by atoms with Crippen molar-refractivity contribution in [3.63, 3.8) is 0 Å². The molecule has 0 radical (unpaired) electrons. The fraction of sp³-hybridized carbons (Fsp3) is 0.818. The molecule has 0 saturated heterocycles. The zero-order valence-electron chi connectivity index (χ0n) is 9.01. The predicted octanol–water partition coefficient (Wildman–Crippen LogP) is 2.26. The standard InChI is InChI=1S/C11H22O2/c1-10(7-5-9-12)6-4-8-11(2,3)13/h7,12-13H,4-6,8-9H2,1-3H3/b10-7+. The Bertz CT molecular complexity index is 154. The van der Waals surface area contributed by atoms with E-state index in [1.54, 1.807) is 0 Å². The van der Waals surface area contributed by atoms with E-state index in [2.05, 4.69) is 13.0 Å². The van der Waals surface area contributed by atoms with Gasteiger partial charge < -0.3 is 10.2 Å². The van der Waals surface area contributed by atoms with Crippen molar-refractivity contribution in [1.29, 1.82) is 0 Å². The van der Waals surface area contributed by atoms with Gasteiger partial charge in [-0.15, -0.1) is 0 Å². The molecular formula is C11H22O2. The second kappa shape index (κ2) is 6.17. The number of aliphatic hydroxyl groups excluding tert-OH is 1. The van der Waals surface area contributed by atoms with Gasteiger partial charge >= 0.3 is 0 Å². The lowest BCUT2D eigenvalue weighted by atomic mass is 9.99. The second-order valence-corrected chi connectivity index (χ2v) is 4.23. The van der Waals surface area contributed by atoms with E-state index in [1.807, 2.05) is 13.8 Å². The largest absolute Gasteiger partial charge is 0.396 e. The van der Waals surface area contributed by atoms with Crippen LogP contribution in [0.15, 0.2) is 11.6 Å². The average Bonchev–Trinajstić information content (AvgIpc) is 1.98. The molecule has 0 spiro atoms. The Morgan fingerprint density at radius 2 is 2.00 bits per heavy atom. The molecule has 13 heavy (non-hydrogen) atoms. The quantitative estimate of drug-likeness (QED) is 0.625. The molecule has 2 N–H and O–H groups in total. The third kappa shape index (κ3) is 9.57.